The van der Waals surface area contributed by atoms with Crippen LogP contribution in [0.3, 0.4) is 0 Å². The first kappa shape index (κ1) is 16.9. The number of aliphatic hydroxyl groups excluding tert-OH is 1. The summed E-state index contributed by atoms with van der Waals surface area (Å²) in [5, 5.41) is 11.8. The van der Waals surface area contributed by atoms with Crippen LogP contribution in [-0.4, -0.2) is 22.1 Å². The lowest BCUT2D eigenvalue weighted by molar-refractivity contribution is 0.0950. The van der Waals surface area contributed by atoms with Gasteiger partial charge in [0.2, 0.25) is 5.88 Å². The number of nitrogens with one attached hydrogen (secondary N) is 1. The van der Waals surface area contributed by atoms with Gasteiger partial charge in [-0.05, 0) is 37.6 Å². The minimum atomic E-state index is -0.465. The van der Waals surface area contributed by atoms with E-state index in [0.29, 0.717) is 17.0 Å². The van der Waals surface area contributed by atoms with E-state index >= 15 is 0 Å². The van der Waals surface area contributed by atoms with E-state index in [-0.39, 0.29) is 30.7 Å². The zero-order chi connectivity index (χ0) is 16.8. The lowest BCUT2D eigenvalue weighted by Gasteiger charge is -2.09. The first-order valence-corrected chi connectivity index (χ1v) is 7.28. The molecule has 1 aromatic heterocycles. The van der Waals surface area contributed by atoms with Crippen molar-refractivity contribution in [3.8, 4) is 5.88 Å². The number of aliphatic hydroxyl groups is 1. The van der Waals surface area contributed by atoms with Gasteiger partial charge < -0.3 is 15.2 Å². The number of aromatic nitrogens is 1. The Labute approximate surface area is 134 Å². The molecule has 2 aromatic rings. The molecule has 0 fully saturated rings. The molecule has 0 saturated carbocycles. The molecule has 1 aromatic carbocycles. The minimum absolute atomic E-state index is 0.0152. The molecule has 6 heteroatoms. The monoisotopic (exact) mass is 318 g/mol. The molecule has 2 rings (SSSR count). The van der Waals surface area contributed by atoms with Crippen LogP contribution in [0.4, 0.5) is 4.39 Å². The van der Waals surface area contributed by atoms with Crippen molar-refractivity contribution in [3.63, 3.8) is 0 Å². The van der Waals surface area contributed by atoms with E-state index in [2.05, 4.69) is 10.3 Å². The highest BCUT2D eigenvalue weighted by atomic mass is 19.1. The van der Waals surface area contributed by atoms with Gasteiger partial charge in [-0.25, -0.2) is 9.37 Å². The lowest BCUT2D eigenvalue weighted by Crippen LogP contribution is -2.23. The summed E-state index contributed by atoms with van der Waals surface area (Å²) in [5.74, 6) is -0.293. The minimum Gasteiger partial charge on any atom is -0.475 e. The van der Waals surface area contributed by atoms with E-state index in [1.807, 2.05) is 13.8 Å². The molecule has 0 atom stereocenters. The fraction of sp³-hybridized carbons (Fsp3) is 0.294. The van der Waals surface area contributed by atoms with Crippen LogP contribution in [0.2, 0.25) is 0 Å². The van der Waals surface area contributed by atoms with Crippen LogP contribution in [0.1, 0.15) is 35.3 Å². The maximum absolute atomic E-state index is 13.3. The third kappa shape index (κ3) is 4.75. The average Bonchev–Trinajstić information content (AvgIpc) is 2.54. The Balaban J connectivity index is 1.96. The molecule has 0 aliphatic heterocycles. The summed E-state index contributed by atoms with van der Waals surface area (Å²) in [6.07, 6.45) is 1.46. The van der Waals surface area contributed by atoms with E-state index in [0.717, 1.165) is 0 Å². The van der Waals surface area contributed by atoms with E-state index in [1.54, 1.807) is 18.2 Å². The van der Waals surface area contributed by atoms with Crippen LogP contribution >= 0.6 is 0 Å². The summed E-state index contributed by atoms with van der Waals surface area (Å²) in [6, 6.07) is 7.62. The molecular weight excluding hydrogens is 299 g/mol. The van der Waals surface area contributed by atoms with Crippen molar-refractivity contribution in [1.82, 2.24) is 10.3 Å². The van der Waals surface area contributed by atoms with Crippen LogP contribution in [0.15, 0.2) is 36.5 Å². The molecule has 1 heterocycles. The van der Waals surface area contributed by atoms with Crippen molar-refractivity contribution in [2.45, 2.75) is 33.1 Å². The third-order valence-electron chi connectivity index (χ3n) is 3.09. The van der Waals surface area contributed by atoms with Gasteiger partial charge in [-0.2, -0.15) is 0 Å². The average molecular weight is 318 g/mol. The molecule has 0 radical (unpaired) electrons. The van der Waals surface area contributed by atoms with Gasteiger partial charge in [0.25, 0.3) is 5.91 Å². The highest BCUT2D eigenvalue weighted by Gasteiger charge is 2.08. The second-order valence-electron chi connectivity index (χ2n) is 5.32. The van der Waals surface area contributed by atoms with Gasteiger partial charge in [-0.15, -0.1) is 0 Å². The summed E-state index contributed by atoms with van der Waals surface area (Å²) >= 11 is 0. The Hall–Kier alpha value is -2.47. The number of hydrogen-bond donors (Lipinski definition) is 2. The highest BCUT2D eigenvalue weighted by molar-refractivity contribution is 5.93. The fourth-order valence-corrected chi connectivity index (χ4v) is 1.97. The Kier molecular flexibility index (Phi) is 5.65. The van der Waals surface area contributed by atoms with Crippen molar-refractivity contribution in [1.29, 1.82) is 0 Å². The maximum Gasteiger partial charge on any atom is 0.253 e. The maximum atomic E-state index is 13.3. The molecule has 0 aliphatic rings. The number of ether oxygens (including phenoxy) is 1. The zero-order valence-corrected chi connectivity index (χ0v) is 13.0. The Morgan fingerprint density at radius 2 is 2.13 bits per heavy atom. The molecular formula is C17H19FN2O3. The Morgan fingerprint density at radius 1 is 1.35 bits per heavy atom. The number of hydrogen-bond acceptors (Lipinski definition) is 4. The smallest absolute Gasteiger partial charge is 0.253 e. The van der Waals surface area contributed by atoms with Crippen LogP contribution in [0.5, 0.6) is 5.88 Å². The quantitative estimate of drug-likeness (QED) is 0.858. The number of amides is 1. The largest absolute Gasteiger partial charge is 0.475 e. The first-order chi connectivity index (χ1) is 11.0. The fourth-order valence-electron chi connectivity index (χ4n) is 1.97. The second-order valence-corrected chi connectivity index (χ2v) is 5.32. The van der Waals surface area contributed by atoms with E-state index in [9.17, 15) is 9.18 Å². The number of rotatable bonds is 6. The predicted octanol–water partition coefficient (Wildman–Crippen LogP) is 2.43. The van der Waals surface area contributed by atoms with Gasteiger partial charge in [0.1, 0.15) is 5.82 Å². The molecule has 0 saturated heterocycles. The molecule has 0 bridgehead atoms. The SMILES string of the molecule is CC(C)Oc1ccc(C(=O)NCc2ccc(F)c(CO)c2)cn1. The van der Waals surface area contributed by atoms with E-state index < -0.39 is 5.82 Å². The molecule has 1 amide bonds. The molecule has 5 nitrogen and oxygen atoms in total. The highest BCUT2D eigenvalue weighted by Crippen LogP contribution is 2.12. The van der Waals surface area contributed by atoms with Gasteiger partial charge in [-0.1, -0.05) is 6.07 Å². The Morgan fingerprint density at radius 3 is 2.74 bits per heavy atom. The van der Waals surface area contributed by atoms with Gasteiger partial charge >= 0.3 is 0 Å². The number of pyridine rings is 1. The summed E-state index contributed by atoms with van der Waals surface area (Å²) in [7, 11) is 0. The zero-order valence-electron chi connectivity index (χ0n) is 13.0. The molecule has 0 spiro atoms. The van der Waals surface area contributed by atoms with Crippen LogP contribution in [-0.2, 0) is 13.2 Å². The van der Waals surface area contributed by atoms with Gasteiger partial charge in [0.05, 0.1) is 18.3 Å². The van der Waals surface area contributed by atoms with Gasteiger partial charge in [0, 0.05) is 24.4 Å². The number of nitrogens with zero attached hydrogens (tertiary/aromatic N) is 1. The first-order valence-electron chi connectivity index (χ1n) is 7.28. The molecule has 122 valence electrons. The standard InChI is InChI=1S/C17H19FN2O3/c1-11(2)23-16-6-4-13(9-19-16)17(22)20-8-12-3-5-15(18)14(7-12)10-21/h3-7,9,11,21H,8,10H2,1-2H3,(H,20,22). The van der Waals surface area contributed by atoms with E-state index in [1.165, 1.54) is 18.3 Å². The van der Waals surface area contributed by atoms with Crippen molar-refractivity contribution in [2.24, 2.45) is 0 Å². The molecule has 0 unspecified atom stereocenters. The van der Waals surface area contributed by atoms with Crippen molar-refractivity contribution in [3.05, 3.63) is 59.0 Å². The van der Waals surface area contributed by atoms with Gasteiger partial charge in [0.15, 0.2) is 0 Å². The second kappa shape index (κ2) is 7.69. The number of carbonyl (C=O) groups is 1. The van der Waals surface area contributed by atoms with Gasteiger partial charge in [-0.3, -0.25) is 4.79 Å². The van der Waals surface area contributed by atoms with Crippen LogP contribution in [0.25, 0.3) is 0 Å². The number of carbonyl (C=O) groups excluding carboxylic acids is 1. The van der Waals surface area contributed by atoms with Crippen molar-refractivity contribution < 1.29 is 19.0 Å². The summed E-state index contributed by atoms with van der Waals surface area (Å²) in [6.45, 7) is 3.64. The summed E-state index contributed by atoms with van der Waals surface area (Å²) in [4.78, 5) is 16.1. The topological polar surface area (TPSA) is 71.5 Å². The third-order valence-corrected chi connectivity index (χ3v) is 3.09. The normalized spacial score (nSPS) is 10.7. The molecule has 2 N–H and O–H groups in total. The lowest BCUT2D eigenvalue weighted by atomic mass is 10.1. The van der Waals surface area contributed by atoms with E-state index in [4.69, 9.17) is 9.84 Å². The van der Waals surface area contributed by atoms with Crippen molar-refractivity contribution >= 4 is 5.91 Å². The van der Waals surface area contributed by atoms with Crippen molar-refractivity contribution in [2.75, 3.05) is 0 Å². The molecule has 0 aliphatic carbocycles. The Bertz CT molecular complexity index is 672. The summed E-state index contributed by atoms with van der Waals surface area (Å²) < 4.78 is 18.7. The number of halogens is 1. The number of benzene rings is 1. The predicted molar refractivity (Wildman–Crippen MR) is 83.5 cm³/mol. The summed E-state index contributed by atoms with van der Waals surface area (Å²) in [5.41, 5.74) is 1.32. The van der Waals surface area contributed by atoms with Crippen LogP contribution in [0, 0.1) is 5.82 Å². The molecule has 23 heavy (non-hydrogen) atoms. The van der Waals surface area contributed by atoms with Crippen LogP contribution < -0.4 is 10.1 Å².